The van der Waals surface area contributed by atoms with Crippen LogP contribution in [0.5, 0.6) is 0 Å². The third-order valence-electron chi connectivity index (χ3n) is 4.07. The third-order valence-corrected chi connectivity index (χ3v) is 4.07. The van der Waals surface area contributed by atoms with Gasteiger partial charge in [-0.2, -0.15) is 0 Å². The lowest BCUT2D eigenvalue weighted by Gasteiger charge is -2.62. The Labute approximate surface area is 104 Å². The predicted molar refractivity (Wildman–Crippen MR) is 68.6 cm³/mol. The average molecular weight is 242 g/mol. The molecule has 0 radical (unpaired) electrons. The summed E-state index contributed by atoms with van der Waals surface area (Å²) in [5, 5.41) is 3.09. The largest absolute Gasteiger partial charge is 0.381 e. The van der Waals surface area contributed by atoms with Gasteiger partial charge >= 0.3 is 0 Å². The Bertz CT molecular complexity index is 271. The van der Waals surface area contributed by atoms with Crippen molar-refractivity contribution in [2.24, 2.45) is 16.6 Å². The second-order valence-corrected chi connectivity index (χ2v) is 6.07. The molecule has 17 heavy (non-hydrogen) atoms. The molecule has 0 aromatic rings. The van der Waals surface area contributed by atoms with Crippen molar-refractivity contribution < 1.29 is 9.53 Å². The van der Waals surface area contributed by atoms with Crippen LogP contribution in [-0.2, 0) is 9.53 Å². The van der Waals surface area contributed by atoms with Gasteiger partial charge in [-0.3, -0.25) is 4.79 Å². The van der Waals surface area contributed by atoms with Crippen LogP contribution >= 0.6 is 0 Å². The van der Waals surface area contributed by atoms with Gasteiger partial charge in [-0.1, -0.05) is 27.7 Å². The van der Waals surface area contributed by atoms with E-state index in [4.69, 9.17) is 10.5 Å². The second-order valence-electron chi connectivity index (χ2n) is 6.07. The Hall–Kier alpha value is -0.610. The van der Waals surface area contributed by atoms with E-state index in [-0.39, 0.29) is 28.8 Å². The van der Waals surface area contributed by atoms with Crippen LogP contribution in [0.3, 0.4) is 0 Å². The molecule has 1 saturated carbocycles. The lowest BCUT2D eigenvalue weighted by molar-refractivity contribution is -0.133. The minimum Gasteiger partial charge on any atom is -0.381 e. The van der Waals surface area contributed by atoms with Crippen molar-refractivity contribution in [3.8, 4) is 0 Å². The number of hydrogen-bond donors (Lipinski definition) is 2. The van der Waals surface area contributed by atoms with E-state index < -0.39 is 0 Å². The number of hydrogen-bond acceptors (Lipinski definition) is 3. The summed E-state index contributed by atoms with van der Waals surface area (Å²) in [5.41, 5.74) is 6.07. The molecule has 0 bridgehead atoms. The van der Waals surface area contributed by atoms with Crippen molar-refractivity contribution in [3.63, 3.8) is 0 Å². The number of nitrogens with two attached hydrogens (primary N) is 1. The fraction of sp³-hybridized carbons (Fsp3) is 0.923. The molecule has 1 aliphatic carbocycles. The van der Waals surface area contributed by atoms with E-state index in [9.17, 15) is 4.79 Å². The zero-order valence-electron chi connectivity index (χ0n) is 11.7. The van der Waals surface area contributed by atoms with Crippen molar-refractivity contribution in [2.75, 3.05) is 13.2 Å². The van der Waals surface area contributed by atoms with Gasteiger partial charge < -0.3 is 15.8 Å². The van der Waals surface area contributed by atoms with E-state index in [2.05, 4.69) is 33.0 Å². The molecule has 100 valence electrons. The lowest BCUT2D eigenvalue weighted by atomic mass is 9.48. The smallest absolute Gasteiger partial charge is 0.222 e. The van der Waals surface area contributed by atoms with Gasteiger partial charge in [0, 0.05) is 35.9 Å². The van der Waals surface area contributed by atoms with Gasteiger partial charge in [0.05, 0.1) is 6.61 Å². The number of rotatable bonds is 5. The monoisotopic (exact) mass is 242 g/mol. The quantitative estimate of drug-likeness (QED) is 0.714. The maximum atomic E-state index is 11.8. The first-order valence-corrected chi connectivity index (χ1v) is 6.37. The van der Waals surface area contributed by atoms with Crippen LogP contribution in [0.1, 0.15) is 41.0 Å². The maximum Gasteiger partial charge on any atom is 0.222 e. The highest BCUT2D eigenvalue weighted by atomic mass is 16.5. The van der Waals surface area contributed by atoms with E-state index in [1.54, 1.807) is 0 Å². The van der Waals surface area contributed by atoms with Crippen LogP contribution < -0.4 is 11.1 Å². The zero-order chi connectivity index (χ0) is 13.3. The molecule has 4 heteroatoms. The highest BCUT2D eigenvalue weighted by Gasteiger charge is 2.60. The molecule has 4 nitrogen and oxygen atoms in total. The summed E-state index contributed by atoms with van der Waals surface area (Å²) < 4.78 is 5.18. The van der Waals surface area contributed by atoms with Crippen LogP contribution in [0.4, 0.5) is 0 Å². The van der Waals surface area contributed by atoms with Crippen molar-refractivity contribution in [1.82, 2.24) is 5.32 Å². The molecule has 0 heterocycles. The topological polar surface area (TPSA) is 64.3 Å². The molecule has 0 atom stereocenters. The summed E-state index contributed by atoms with van der Waals surface area (Å²) in [6, 6.07) is 0.256. The lowest BCUT2D eigenvalue weighted by Crippen LogP contribution is -2.76. The van der Waals surface area contributed by atoms with E-state index in [1.165, 1.54) is 0 Å². The molecule has 1 aliphatic rings. The molecular formula is C13H26N2O2. The van der Waals surface area contributed by atoms with Gasteiger partial charge in [-0.05, 0) is 6.92 Å². The molecule has 0 unspecified atom stereocenters. The van der Waals surface area contributed by atoms with Gasteiger partial charge in [-0.25, -0.2) is 0 Å². The van der Waals surface area contributed by atoms with Gasteiger partial charge in [0.2, 0.25) is 5.91 Å². The first kappa shape index (κ1) is 14.5. The number of nitrogens with one attached hydrogen (secondary N) is 1. The summed E-state index contributed by atoms with van der Waals surface area (Å²) in [6.45, 7) is 11.5. The summed E-state index contributed by atoms with van der Waals surface area (Å²) in [4.78, 5) is 11.8. The van der Waals surface area contributed by atoms with Gasteiger partial charge in [0.25, 0.3) is 0 Å². The predicted octanol–water partition coefficient (Wildman–Crippen LogP) is 1.29. The summed E-state index contributed by atoms with van der Waals surface area (Å²) >= 11 is 0. The van der Waals surface area contributed by atoms with Crippen LogP contribution in [-0.4, -0.2) is 31.2 Å². The summed E-state index contributed by atoms with van der Waals surface area (Å²) in [7, 11) is 0. The molecule has 1 fully saturated rings. The van der Waals surface area contributed by atoms with Gasteiger partial charge in [0.1, 0.15) is 0 Å². The normalized spacial score (nSPS) is 29.5. The van der Waals surface area contributed by atoms with Crippen LogP contribution in [0.15, 0.2) is 0 Å². The van der Waals surface area contributed by atoms with E-state index >= 15 is 0 Å². The standard InChI is InChI=1S/C13H26N2O2/c1-6-17-8-7-9(16)15-11-12(2,3)10(14)13(11,4)5/h10-11H,6-8,14H2,1-5H3,(H,15,16). The second kappa shape index (κ2) is 4.94. The highest BCUT2D eigenvalue weighted by Crippen LogP contribution is 2.52. The van der Waals surface area contributed by atoms with Crippen molar-refractivity contribution in [2.45, 2.75) is 53.1 Å². The molecule has 1 amide bonds. The van der Waals surface area contributed by atoms with E-state index in [0.29, 0.717) is 19.6 Å². The fourth-order valence-corrected chi connectivity index (χ4v) is 3.09. The average Bonchev–Trinajstić information content (AvgIpc) is 2.25. The fourth-order valence-electron chi connectivity index (χ4n) is 3.09. The van der Waals surface area contributed by atoms with Crippen LogP contribution in [0.2, 0.25) is 0 Å². The molecule has 0 aliphatic heterocycles. The Morgan fingerprint density at radius 2 is 1.82 bits per heavy atom. The Morgan fingerprint density at radius 3 is 2.29 bits per heavy atom. The van der Waals surface area contributed by atoms with Crippen LogP contribution in [0, 0.1) is 10.8 Å². The minimum atomic E-state index is -0.0369. The van der Waals surface area contributed by atoms with Gasteiger partial charge in [-0.15, -0.1) is 0 Å². The highest BCUT2D eigenvalue weighted by molar-refractivity contribution is 5.76. The Balaban J connectivity index is 2.48. The number of amides is 1. The summed E-state index contributed by atoms with van der Waals surface area (Å²) in [5.74, 6) is 0.0523. The first-order chi connectivity index (χ1) is 7.74. The molecular weight excluding hydrogens is 216 g/mol. The molecule has 0 saturated heterocycles. The van der Waals surface area contributed by atoms with Crippen molar-refractivity contribution in [3.05, 3.63) is 0 Å². The molecule has 0 aromatic heterocycles. The molecule has 1 rings (SSSR count). The first-order valence-electron chi connectivity index (χ1n) is 6.37. The van der Waals surface area contributed by atoms with E-state index in [0.717, 1.165) is 0 Å². The summed E-state index contributed by atoms with van der Waals surface area (Å²) in [6.07, 6.45) is 0.422. The molecule has 0 spiro atoms. The Kier molecular flexibility index (Phi) is 4.20. The maximum absolute atomic E-state index is 11.8. The molecule has 0 aromatic carbocycles. The minimum absolute atomic E-state index is 0.0369. The van der Waals surface area contributed by atoms with Gasteiger partial charge in [0.15, 0.2) is 0 Å². The number of carbonyl (C=O) groups excluding carboxylic acids is 1. The van der Waals surface area contributed by atoms with Crippen molar-refractivity contribution >= 4 is 5.91 Å². The van der Waals surface area contributed by atoms with E-state index in [1.807, 2.05) is 6.92 Å². The van der Waals surface area contributed by atoms with Crippen LogP contribution in [0.25, 0.3) is 0 Å². The molecule has 3 N–H and O–H groups in total. The zero-order valence-corrected chi connectivity index (χ0v) is 11.7. The SMILES string of the molecule is CCOCCC(=O)NC1C(C)(C)C(N)C1(C)C. The van der Waals surface area contributed by atoms with Crippen molar-refractivity contribution in [1.29, 1.82) is 0 Å². The number of ether oxygens (including phenoxy) is 1. The number of carbonyl (C=O) groups is 1. The third kappa shape index (κ3) is 2.63. The Morgan fingerprint density at radius 1 is 1.29 bits per heavy atom.